The molecular weight excluding hydrogens is 376 g/mol. The van der Waals surface area contributed by atoms with Gasteiger partial charge in [-0.25, -0.2) is 4.98 Å². The van der Waals surface area contributed by atoms with Gasteiger partial charge in [-0.1, -0.05) is 84.9 Å². The molecule has 2 nitrogen and oxygen atoms in total. The highest BCUT2D eigenvalue weighted by atomic mass is 15.0. The Morgan fingerprint density at radius 3 is 1.71 bits per heavy atom. The molecule has 0 fully saturated rings. The third kappa shape index (κ3) is 3.01. The minimum absolute atomic E-state index is 0.976. The molecule has 6 aromatic rings. The summed E-state index contributed by atoms with van der Waals surface area (Å²) in [6, 6.07) is 42.4. The molecule has 0 atom stereocenters. The zero-order valence-electron chi connectivity index (χ0n) is 16.9. The van der Waals surface area contributed by atoms with Gasteiger partial charge in [0.25, 0.3) is 0 Å². The van der Waals surface area contributed by atoms with Crippen molar-refractivity contribution in [1.29, 1.82) is 0 Å². The lowest BCUT2D eigenvalue weighted by Crippen LogP contribution is -1.95. The Balaban J connectivity index is 1.53. The average Bonchev–Trinajstić information content (AvgIpc) is 3.19. The van der Waals surface area contributed by atoms with Crippen LogP contribution in [0.4, 0.5) is 0 Å². The number of hydrogen-bond donors (Lipinski definition) is 0. The van der Waals surface area contributed by atoms with Crippen LogP contribution in [0.25, 0.3) is 50.0 Å². The molecule has 6 rings (SSSR count). The van der Waals surface area contributed by atoms with Gasteiger partial charge in [-0.15, -0.1) is 0 Å². The SMILES string of the molecule is c1ccc(-c2cccc(-c3cccc(-n4c5ccccc5c5ccccc54)c3)n2)cc1. The first-order valence-corrected chi connectivity index (χ1v) is 10.5. The van der Waals surface area contributed by atoms with Gasteiger partial charge in [0.1, 0.15) is 0 Å². The molecule has 146 valence electrons. The maximum absolute atomic E-state index is 4.95. The predicted molar refractivity (Wildman–Crippen MR) is 129 cm³/mol. The zero-order valence-corrected chi connectivity index (χ0v) is 16.9. The number of fused-ring (bicyclic) bond motifs is 3. The number of aromatic nitrogens is 2. The van der Waals surface area contributed by atoms with E-state index in [1.54, 1.807) is 0 Å². The summed E-state index contributed by atoms with van der Waals surface area (Å²) in [4.78, 5) is 4.95. The topological polar surface area (TPSA) is 17.8 Å². The maximum Gasteiger partial charge on any atom is 0.0710 e. The van der Waals surface area contributed by atoms with Crippen molar-refractivity contribution in [3.05, 3.63) is 121 Å². The quantitative estimate of drug-likeness (QED) is 0.303. The molecule has 0 saturated heterocycles. The second kappa shape index (κ2) is 7.26. The molecule has 2 heterocycles. The molecule has 0 saturated carbocycles. The van der Waals surface area contributed by atoms with E-state index in [-0.39, 0.29) is 0 Å². The van der Waals surface area contributed by atoms with E-state index in [2.05, 4.69) is 108 Å². The standard InChI is InChI=1S/C29H20N2/c1-2-10-21(11-3-1)26-16-9-17-27(30-26)22-12-8-13-23(20-22)31-28-18-6-4-14-24(28)25-15-5-7-19-29(25)31/h1-20H. The van der Waals surface area contributed by atoms with Gasteiger partial charge in [0.05, 0.1) is 22.4 Å². The van der Waals surface area contributed by atoms with Crippen LogP contribution in [0, 0.1) is 0 Å². The molecule has 0 N–H and O–H groups in total. The molecule has 0 radical (unpaired) electrons. The number of pyridine rings is 1. The first kappa shape index (κ1) is 17.7. The average molecular weight is 396 g/mol. The summed E-state index contributed by atoms with van der Waals surface area (Å²) in [6.07, 6.45) is 0. The number of benzene rings is 4. The molecule has 4 aromatic carbocycles. The van der Waals surface area contributed by atoms with E-state index in [0.717, 1.165) is 28.2 Å². The van der Waals surface area contributed by atoms with E-state index in [1.165, 1.54) is 21.8 Å². The van der Waals surface area contributed by atoms with Crippen LogP contribution in [0.2, 0.25) is 0 Å². The molecule has 2 aromatic heterocycles. The lowest BCUT2D eigenvalue weighted by Gasteiger charge is -2.10. The molecular formula is C29H20N2. The molecule has 2 heteroatoms. The van der Waals surface area contributed by atoms with Crippen LogP contribution in [-0.4, -0.2) is 9.55 Å². The predicted octanol–water partition coefficient (Wildman–Crippen LogP) is 7.51. The normalized spacial score (nSPS) is 11.2. The second-order valence-corrected chi connectivity index (χ2v) is 7.69. The Kier molecular flexibility index (Phi) is 4.14. The van der Waals surface area contributed by atoms with E-state index in [0.29, 0.717) is 0 Å². The monoisotopic (exact) mass is 396 g/mol. The third-order valence-electron chi connectivity index (χ3n) is 5.80. The molecule has 0 spiro atoms. The Hall–Kier alpha value is -4.17. The minimum Gasteiger partial charge on any atom is -0.309 e. The second-order valence-electron chi connectivity index (χ2n) is 7.69. The van der Waals surface area contributed by atoms with Crippen LogP contribution in [0.15, 0.2) is 121 Å². The van der Waals surface area contributed by atoms with Crippen molar-refractivity contribution in [2.45, 2.75) is 0 Å². The van der Waals surface area contributed by atoms with Crippen LogP contribution in [-0.2, 0) is 0 Å². The van der Waals surface area contributed by atoms with Gasteiger partial charge in [0.15, 0.2) is 0 Å². The molecule has 0 unspecified atom stereocenters. The highest BCUT2D eigenvalue weighted by Crippen LogP contribution is 2.33. The van der Waals surface area contributed by atoms with Crippen molar-refractivity contribution >= 4 is 21.8 Å². The molecule has 0 bridgehead atoms. The summed E-state index contributed by atoms with van der Waals surface area (Å²) in [5, 5.41) is 2.54. The van der Waals surface area contributed by atoms with Crippen molar-refractivity contribution in [1.82, 2.24) is 9.55 Å². The Labute approximate surface area is 181 Å². The van der Waals surface area contributed by atoms with E-state index in [1.807, 2.05) is 18.2 Å². The van der Waals surface area contributed by atoms with Crippen molar-refractivity contribution in [2.75, 3.05) is 0 Å². The molecule has 0 amide bonds. The highest BCUT2D eigenvalue weighted by molar-refractivity contribution is 6.09. The van der Waals surface area contributed by atoms with Gasteiger partial charge in [0, 0.05) is 27.6 Å². The van der Waals surface area contributed by atoms with Crippen LogP contribution >= 0.6 is 0 Å². The largest absolute Gasteiger partial charge is 0.309 e. The van der Waals surface area contributed by atoms with Crippen molar-refractivity contribution in [3.8, 4) is 28.2 Å². The van der Waals surface area contributed by atoms with Gasteiger partial charge >= 0.3 is 0 Å². The Morgan fingerprint density at radius 1 is 0.452 bits per heavy atom. The van der Waals surface area contributed by atoms with Crippen LogP contribution in [0.1, 0.15) is 0 Å². The summed E-state index contributed by atoms with van der Waals surface area (Å²) in [6.45, 7) is 0. The first-order chi connectivity index (χ1) is 15.4. The fourth-order valence-corrected chi connectivity index (χ4v) is 4.37. The lowest BCUT2D eigenvalue weighted by molar-refractivity contribution is 1.18. The van der Waals surface area contributed by atoms with Gasteiger partial charge in [-0.2, -0.15) is 0 Å². The van der Waals surface area contributed by atoms with E-state index in [4.69, 9.17) is 4.98 Å². The number of rotatable bonds is 3. The zero-order chi connectivity index (χ0) is 20.6. The van der Waals surface area contributed by atoms with Crippen LogP contribution in [0.3, 0.4) is 0 Å². The molecule has 0 aliphatic carbocycles. The maximum atomic E-state index is 4.95. The van der Waals surface area contributed by atoms with E-state index >= 15 is 0 Å². The number of hydrogen-bond acceptors (Lipinski definition) is 1. The fourth-order valence-electron chi connectivity index (χ4n) is 4.37. The van der Waals surface area contributed by atoms with Crippen LogP contribution in [0.5, 0.6) is 0 Å². The summed E-state index contributed by atoms with van der Waals surface area (Å²) in [5.41, 5.74) is 7.77. The summed E-state index contributed by atoms with van der Waals surface area (Å²) < 4.78 is 2.34. The van der Waals surface area contributed by atoms with Crippen molar-refractivity contribution in [3.63, 3.8) is 0 Å². The number of para-hydroxylation sites is 2. The molecule has 0 aliphatic heterocycles. The summed E-state index contributed by atoms with van der Waals surface area (Å²) in [7, 11) is 0. The molecule has 31 heavy (non-hydrogen) atoms. The van der Waals surface area contributed by atoms with Crippen molar-refractivity contribution < 1.29 is 0 Å². The summed E-state index contributed by atoms with van der Waals surface area (Å²) in [5.74, 6) is 0. The van der Waals surface area contributed by atoms with E-state index in [9.17, 15) is 0 Å². The minimum atomic E-state index is 0.976. The van der Waals surface area contributed by atoms with Gasteiger partial charge in [-0.05, 0) is 36.4 Å². The van der Waals surface area contributed by atoms with E-state index < -0.39 is 0 Å². The van der Waals surface area contributed by atoms with Gasteiger partial charge < -0.3 is 4.57 Å². The van der Waals surface area contributed by atoms with Crippen molar-refractivity contribution in [2.24, 2.45) is 0 Å². The van der Waals surface area contributed by atoms with Gasteiger partial charge in [0.2, 0.25) is 0 Å². The molecule has 0 aliphatic rings. The first-order valence-electron chi connectivity index (χ1n) is 10.5. The fraction of sp³-hybridized carbons (Fsp3) is 0. The lowest BCUT2D eigenvalue weighted by atomic mass is 10.1. The Bertz CT molecular complexity index is 1470. The van der Waals surface area contributed by atoms with Gasteiger partial charge in [-0.3, -0.25) is 0 Å². The third-order valence-corrected chi connectivity index (χ3v) is 5.80. The summed E-state index contributed by atoms with van der Waals surface area (Å²) >= 11 is 0. The highest BCUT2D eigenvalue weighted by Gasteiger charge is 2.12. The smallest absolute Gasteiger partial charge is 0.0710 e. The number of nitrogens with zero attached hydrogens (tertiary/aromatic N) is 2. The Morgan fingerprint density at radius 2 is 1.00 bits per heavy atom. The van der Waals surface area contributed by atoms with Crippen LogP contribution < -0.4 is 0 Å².